The van der Waals surface area contributed by atoms with E-state index in [1.165, 1.54) is 22.3 Å². The second-order valence-corrected chi connectivity index (χ2v) is 6.38. The van der Waals surface area contributed by atoms with Gasteiger partial charge in [0, 0.05) is 23.4 Å². The number of nitrogens with two attached hydrogens (primary N) is 2. The highest BCUT2D eigenvalue weighted by Gasteiger charge is 2.26. The molecule has 0 fully saturated rings. The molecule has 3 nitrogen and oxygen atoms in total. The number of aryl methyl sites for hydroxylation is 2. The highest BCUT2D eigenvalue weighted by atomic mass is 14.9. The number of fused-ring (bicyclic) bond motifs is 1. The highest BCUT2D eigenvalue weighted by Crippen LogP contribution is 2.40. The van der Waals surface area contributed by atoms with Crippen LogP contribution in [0.15, 0.2) is 65.4 Å². The van der Waals surface area contributed by atoms with E-state index in [-0.39, 0.29) is 11.7 Å². The molecule has 1 aliphatic rings. The Bertz CT molecular complexity index is 859. The van der Waals surface area contributed by atoms with Gasteiger partial charge in [-0.2, -0.15) is 0 Å². The van der Waals surface area contributed by atoms with Crippen molar-refractivity contribution < 1.29 is 0 Å². The molecule has 0 amide bonds. The minimum absolute atomic E-state index is 0.264. The molecule has 2 aromatic carbocycles. The van der Waals surface area contributed by atoms with Crippen LogP contribution in [0.25, 0.3) is 5.70 Å². The van der Waals surface area contributed by atoms with E-state index in [0.29, 0.717) is 0 Å². The summed E-state index contributed by atoms with van der Waals surface area (Å²) in [4.78, 5) is 4.15. The zero-order valence-corrected chi connectivity index (χ0v) is 14.2. The molecule has 0 saturated heterocycles. The first-order chi connectivity index (χ1) is 11.5. The van der Waals surface area contributed by atoms with Crippen LogP contribution < -0.4 is 11.5 Å². The first-order valence-electron chi connectivity index (χ1n) is 8.11. The van der Waals surface area contributed by atoms with Crippen molar-refractivity contribution >= 4 is 11.9 Å². The lowest BCUT2D eigenvalue weighted by atomic mass is 9.77. The summed E-state index contributed by atoms with van der Waals surface area (Å²) in [6, 6.07) is 15.0. The zero-order chi connectivity index (χ0) is 17.3. The standard InChI is InChI=1S/C21H23N3/c1-13-8-9-16(10-14(13)2)20-11-17(12-24-15(3)22)21(23)19-7-5-4-6-18(19)20/h4-10,12,20H,3,11,22-23H2,1-2H3/t20-/m0/s1. The van der Waals surface area contributed by atoms with Gasteiger partial charge in [-0.05, 0) is 48.1 Å². The molecule has 0 aromatic heterocycles. The maximum Gasteiger partial charge on any atom is 0.116 e. The summed E-state index contributed by atoms with van der Waals surface area (Å²) in [6.45, 7) is 7.91. The molecule has 2 aromatic rings. The van der Waals surface area contributed by atoms with Crippen LogP contribution in [-0.2, 0) is 0 Å². The van der Waals surface area contributed by atoms with Crippen molar-refractivity contribution in [2.24, 2.45) is 16.5 Å². The Hall–Kier alpha value is -2.81. The van der Waals surface area contributed by atoms with E-state index in [1.54, 1.807) is 6.21 Å². The summed E-state index contributed by atoms with van der Waals surface area (Å²) in [6.07, 6.45) is 2.56. The normalized spacial score (nSPS) is 17.2. The predicted molar refractivity (Wildman–Crippen MR) is 102 cm³/mol. The maximum absolute atomic E-state index is 6.39. The van der Waals surface area contributed by atoms with Crippen molar-refractivity contribution in [1.82, 2.24) is 0 Å². The van der Waals surface area contributed by atoms with Crippen LogP contribution in [0.1, 0.15) is 40.2 Å². The van der Waals surface area contributed by atoms with E-state index in [1.807, 2.05) is 6.07 Å². The second-order valence-electron chi connectivity index (χ2n) is 6.38. The first kappa shape index (κ1) is 16.1. The first-order valence-corrected chi connectivity index (χ1v) is 8.11. The van der Waals surface area contributed by atoms with Crippen LogP contribution in [0.2, 0.25) is 0 Å². The van der Waals surface area contributed by atoms with Crippen molar-refractivity contribution in [2.75, 3.05) is 0 Å². The second kappa shape index (κ2) is 6.36. The molecule has 0 saturated carbocycles. The Kier molecular flexibility index (Phi) is 4.26. The molecular weight excluding hydrogens is 294 g/mol. The van der Waals surface area contributed by atoms with E-state index in [4.69, 9.17) is 11.5 Å². The molecule has 0 bridgehead atoms. The number of hydrogen-bond donors (Lipinski definition) is 2. The van der Waals surface area contributed by atoms with Crippen LogP contribution in [0, 0.1) is 13.8 Å². The smallest absolute Gasteiger partial charge is 0.116 e. The monoisotopic (exact) mass is 317 g/mol. The summed E-state index contributed by atoms with van der Waals surface area (Å²) in [5.74, 6) is 0.553. The van der Waals surface area contributed by atoms with Crippen LogP contribution >= 0.6 is 0 Å². The van der Waals surface area contributed by atoms with Gasteiger partial charge in [-0.25, -0.2) is 4.99 Å². The lowest BCUT2D eigenvalue weighted by molar-refractivity contribution is 0.797. The van der Waals surface area contributed by atoms with E-state index < -0.39 is 0 Å². The molecular formula is C21H23N3. The third-order valence-electron chi connectivity index (χ3n) is 4.72. The summed E-state index contributed by atoms with van der Waals surface area (Å²) in [7, 11) is 0. The van der Waals surface area contributed by atoms with Crippen molar-refractivity contribution in [2.45, 2.75) is 26.2 Å². The summed E-state index contributed by atoms with van der Waals surface area (Å²) < 4.78 is 0. The summed E-state index contributed by atoms with van der Waals surface area (Å²) >= 11 is 0. The van der Waals surface area contributed by atoms with Crippen LogP contribution in [0.4, 0.5) is 0 Å². The fourth-order valence-electron chi connectivity index (χ4n) is 3.22. The average Bonchev–Trinajstić information content (AvgIpc) is 2.57. The molecule has 0 unspecified atom stereocenters. The van der Waals surface area contributed by atoms with Gasteiger partial charge in [-0.15, -0.1) is 0 Å². The van der Waals surface area contributed by atoms with E-state index in [2.05, 4.69) is 61.8 Å². The number of benzene rings is 2. The van der Waals surface area contributed by atoms with Crippen LogP contribution in [-0.4, -0.2) is 6.21 Å². The van der Waals surface area contributed by atoms with Crippen molar-refractivity contribution in [3.63, 3.8) is 0 Å². The van der Waals surface area contributed by atoms with Gasteiger partial charge in [0.1, 0.15) is 5.82 Å². The van der Waals surface area contributed by atoms with Gasteiger partial charge in [0.05, 0.1) is 0 Å². The maximum atomic E-state index is 6.39. The van der Waals surface area contributed by atoms with Crippen LogP contribution in [0.3, 0.4) is 0 Å². The largest absolute Gasteiger partial charge is 0.398 e. The highest BCUT2D eigenvalue weighted by molar-refractivity contribution is 5.93. The number of nitrogens with zero attached hydrogens (tertiary/aromatic N) is 1. The van der Waals surface area contributed by atoms with Crippen LogP contribution in [0.5, 0.6) is 0 Å². The molecule has 0 heterocycles. The number of rotatable bonds is 3. The van der Waals surface area contributed by atoms with E-state index in [9.17, 15) is 0 Å². The molecule has 0 radical (unpaired) electrons. The SMILES string of the molecule is C=C(N)N=CC1=C(N)c2ccccc2[C@H](c2ccc(C)c(C)c2)C1. The van der Waals surface area contributed by atoms with Gasteiger partial charge in [0.15, 0.2) is 0 Å². The number of hydrogen-bond acceptors (Lipinski definition) is 3. The molecule has 0 spiro atoms. The predicted octanol–water partition coefficient (Wildman–Crippen LogP) is 4.01. The Labute approximate surface area is 143 Å². The van der Waals surface area contributed by atoms with Crippen molar-refractivity contribution in [1.29, 1.82) is 0 Å². The zero-order valence-electron chi connectivity index (χ0n) is 14.2. The molecule has 3 rings (SSSR count). The minimum atomic E-state index is 0.264. The Morgan fingerprint density at radius 2 is 1.92 bits per heavy atom. The van der Waals surface area contributed by atoms with Gasteiger partial charge in [0.25, 0.3) is 0 Å². The van der Waals surface area contributed by atoms with Gasteiger partial charge in [-0.3, -0.25) is 0 Å². The molecule has 24 heavy (non-hydrogen) atoms. The van der Waals surface area contributed by atoms with Crippen molar-refractivity contribution in [3.8, 4) is 0 Å². The summed E-state index contributed by atoms with van der Waals surface area (Å²) in [5, 5.41) is 0. The van der Waals surface area contributed by atoms with E-state index >= 15 is 0 Å². The third-order valence-corrected chi connectivity index (χ3v) is 4.72. The third kappa shape index (κ3) is 2.98. The Morgan fingerprint density at radius 3 is 2.62 bits per heavy atom. The van der Waals surface area contributed by atoms with E-state index in [0.717, 1.165) is 23.3 Å². The van der Waals surface area contributed by atoms with Gasteiger partial charge < -0.3 is 11.5 Å². The quantitative estimate of drug-likeness (QED) is 0.840. The van der Waals surface area contributed by atoms with Gasteiger partial charge >= 0.3 is 0 Å². The Morgan fingerprint density at radius 1 is 1.17 bits per heavy atom. The van der Waals surface area contributed by atoms with Gasteiger partial charge in [0.2, 0.25) is 0 Å². The van der Waals surface area contributed by atoms with Crippen molar-refractivity contribution in [3.05, 3.63) is 88.3 Å². The summed E-state index contributed by atoms with van der Waals surface area (Å²) in [5.41, 5.74) is 20.0. The lowest BCUT2D eigenvalue weighted by Crippen LogP contribution is -2.17. The molecule has 3 heteroatoms. The molecule has 122 valence electrons. The Balaban J connectivity index is 2.11. The molecule has 1 atom stereocenters. The topological polar surface area (TPSA) is 64.4 Å². The number of allylic oxidation sites excluding steroid dienone is 1. The van der Waals surface area contributed by atoms with Gasteiger partial charge in [-0.1, -0.05) is 49.0 Å². The number of aliphatic imine (C=N–C) groups is 1. The average molecular weight is 317 g/mol. The fraction of sp³-hybridized carbons (Fsp3) is 0.190. The fourth-order valence-corrected chi connectivity index (χ4v) is 3.22. The molecule has 4 N–H and O–H groups in total. The molecule has 0 aliphatic heterocycles. The minimum Gasteiger partial charge on any atom is -0.398 e. The molecule has 1 aliphatic carbocycles. The lowest BCUT2D eigenvalue weighted by Gasteiger charge is -2.28.